The average Bonchev–Trinajstić information content (AvgIpc) is 3.57. The van der Waals surface area contributed by atoms with Crippen molar-refractivity contribution >= 4 is 77.3 Å². The van der Waals surface area contributed by atoms with E-state index in [9.17, 15) is 0 Å². The maximum Gasteiger partial charge on any atom is 0.253 e. The first-order valence-corrected chi connectivity index (χ1v) is 17.4. The molecule has 6 aromatic rings. The van der Waals surface area contributed by atoms with E-state index in [0.717, 1.165) is 55.8 Å². The Bertz CT molecular complexity index is 2120. The summed E-state index contributed by atoms with van der Waals surface area (Å²) in [5, 5.41) is 44.7. The van der Waals surface area contributed by atoms with Crippen molar-refractivity contribution in [2.24, 2.45) is 30.7 Å². The molecule has 49 heavy (non-hydrogen) atoms. The molecule has 11 heteroatoms. The van der Waals surface area contributed by atoms with Crippen LogP contribution in [0, 0.1) is 0 Å². The fourth-order valence-electron chi connectivity index (χ4n) is 5.60. The first-order valence-electron chi connectivity index (χ1n) is 16.6. The van der Waals surface area contributed by atoms with Gasteiger partial charge in [-0.2, -0.15) is 5.11 Å². The summed E-state index contributed by atoms with van der Waals surface area (Å²) in [4.78, 5) is 2.21. The van der Waals surface area contributed by atoms with Crippen LogP contribution >= 0.6 is 11.3 Å². The van der Waals surface area contributed by atoms with Crippen LogP contribution in [0.15, 0.2) is 128 Å². The summed E-state index contributed by atoms with van der Waals surface area (Å²) in [5.74, 6) is 0. The Morgan fingerprint density at radius 2 is 1.04 bits per heavy atom. The maximum atomic E-state index is 4.70. The summed E-state index contributed by atoms with van der Waals surface area (Å²) in [6.45, 7) is 12.9. The van der Waals surface area contributed by atoms with Gasteiger partial charge in [-0.05, 0) is 89.6 Å². The molecule has 0 spiro atoms. The van der Waals surface area contributed by atoms with Crippen molar-refractivity contribution < 1.29 is 0 Å². The number of nitrogens with one attached hydrogen (secondary N) is 1. The predicted octanol–water partition coefficient (Wildman–Crippen LogP) is 12.9. The molecule has 0 fully saturated rings. The van der Waals surface area contributed by atoms with Gasteiger partial charge in [-0.3, -0.25) is 0 Å². The van der Waals surface area contributed by atoms with Crippen LogP contribution in [-0.2, 0) is 0 Å². The molecule has 0 aliphatic carbocycles. The number of hydrogen-bond acceptors (Lipinski definition) is 11. The molecule has 0 saturated heterocycles. The molecule has 1 unspecified atom stereocenters. The molecule has 1 aromatic heterocycles. The summed E-state index contributed by atoms with van der Waals surface area (Å²) in [6, 6.07) is 32.7. The zero-order chi connectivity index (χ0) is 34.3. The highest BCUT2D eigenvalue weighted by atomic mass is 32.1. The zero-order valence-corrected chi connectivity index (χ0v) is 29.4. The van der Waals surface area contributed by atoms with Gasteiger partial charge >= 0.3 is 0 Å². The molecule has 0 saturated carbocycles. The standard InChI is InChI=1S/C38H40N10S/c1-7-26(6)39-33-20-21-35(30-13-9-8-12-29(30)33)43-44-36-23-22-34(31-14-10-11-15-32(31)36)42-40-27-16-18-28(19-17-27)41-45-37-46-47-38(49-37)48(24(2)3)25(4)5/h8-26,39H,7H2,1-6H3/b42-40+,44-43+,45-41+. The molecule has 0 amide bonds. The molecule has 1 heterocycles. The monoisotopic (exact) mass is 668 g/mol. The van der Waals surface area contributed by atoms with E-state index in [2.05, 4.69) is 107 Å². The molecular weight excluding hydrogens is 629 g/mol. The molecule has 10 nitrogen and oxygen atoms in total. The highest BCUT2D eigenvalue weighted by Gasteiger charge is 2.18. The van der Waals surface area contributed by atoms with E-state index in [4.69, 9.17) is 10.2 Å². The van der Waals surface area contributed by atoms with Gasteiger partial charge < -0.3 is 10.2 Å². The average molecular weight is 669 g/mol. The number of anilines is 2. The summed E-state index contributed by atoms with van der Waals surface area (Å²) in [6.07, 6.45) is 1.04. The molecule has 248 valence electrons. The predicted molar refractivity (Wildman–Crippen MR) is 203 cm³/mol. The van der Waals surface area contributed by atoms with Gasteiger partial charge in [0.05, 0.1) is 28.4 Å². The normalized spacial score (nSPS) is 12.8. The SMILES string of the molecule is CCC(C)Nc1ccc(/N=N/c2ccc(/N=N/c3ccc(/N=N/c4nnc(N(C(C)C)C(C)C)s4)cc3)c3ccccc23)c2ccccc12. The van der Waals surface area contributed by atoms with Gasteiger partial charge in [-0.1, -0.05) is 66.8 Å². The van der Waals surface area contributed by atoms with Gasteiger partial charge in [0.2, 0.25) is 5.13 Å². The number of benzene rings is 5. The van der Waals surface area contributed by atoms with E-state index in [0.29, 0.717) is 34.6 Å². The molecule has 5 aromatic carbocycles. The number of hydrogen-bond donors (Lipinski definition) is 1. The van der Waals surface area contributed by atoms with Gasteiger partial charge in [0.25, 0.3) is 5.13 Å². The summed E-state index contributed by atoms with van der Waals surface area (Å²) in [7, 11) is 0. The van der Waals surface area contributed by atoms with Gasteiger partial charge in [-0.15, -0.1) is 35.8 Å². The smallest absolute Gasteiger partial charge is 0.253 e. The highest BCUT2D eigenvalue weighted by molar-refractivity contribution is 7.18. The quantitative estimate of drug-likeness (QED) is 0.131. The minimum Gasteiger partial charge on any atom is -0.382 e. The van der Waals surface area contributed by atoms with Crippen LogP contribution in [0.5, 0.6) is 0 Å². The second-order valence-corrected chi connectivity index (χ2v) is 13.3. The second-order valence-electron chi connectivity index (χ2n) is 12.4. The third-order valence-electron chi connectivity index (χ3n) is 8.17. The lowest BCUT2D eigenvalue weighted by Gasteiger charge is -2.29. The van der Waals surface area contributed by atoms with Gasteiger partial charge in [0.15, 0.2) is 0 Å². The van der Waals surface area contributed by atoms with Crippen molar-refractivity contribution in [2.45, 2.75) is 66.1 Å². The first-order chi connectivity index (χ1) is 23.8. The Morgan fingerprint density at radius 3 is 1.57 bits per heavy atom. The van der Waals surface area contributed by atoms with Crippen LogP contribution in [0.1, 0.15) is 48.0 Å². The lowest BCUT2D eigenvalue weighted by Crippen LogP contribution is -2.36. The number of fused-ring (bicyclic) bond motifs is 2. The van der Waals surface area contributed by atoms with Crippen LogP contribution in [-0.4, -0.2) is 28.3 Å². The van der Waals surface area contributed by atoms with Crippen LogP contribution in [0.25, 0.3) is 21.5 Å². The third kappa shape index (κ3) is 7.84. The van der Waals surface area contributed by atoms with E-state index in [-0.39, 0.29) is 0 Å². The zero-order valence-electron chi connectivity index (χ0n) is 28.6. The Kier molecular flexibility index (Phi) is 10.4. The third-order valence-corrected chi connectivity index (χ3v) is 8.99. The van der Waals surface area contributed by atoms with Crippen LogP contribution in [0.2, 0.25) is 0 Å². The van der Waals surface area contributed by atoms with E-state index < -0.39 is 0 Å². The van der Waals surface area contributed by atoms with E-state index in [1.165, 1.54) is 11.3 Å². The Labute approximate surface area is 290 Å². The van der Waals surface area contributed by atoms with Crippen LogP contribution in [0.4, 0.5) is 44.4 Å². The van der Waals surface area contributed by atoms with Crippen molar-refractivity contribution in [1.29, 1.82) is 0 Å². The molecule has 1 N–H and O–H groups in total. The molecule has 6 rings (SSSR count). The summed E-state index contributed by atoms with van der Waals surface area (Å²) >= 11 is 1.43. The second kappa shape index (κ2) is 15.2. The molecule has 0 aliphatic rings. The summed E-state index contributed by atoms with van der Waals surface area (Å²) < 4.78 is 0. The lowest BCUT2D eigenvalue weighted by molar-refractivity contribution is 0.603. The topological polar surface area (TPSA) is 115 Å². The minimum absolute atomic E-state index is 0.313. The van der Waals surface area contributed by atoms with Crippen molar-refractivity contribution in [3.63, 3.8) is 0 Å². The molecule has 1 atom stereocenters. The number of rotatable bonds is 12. The van der Waals surface area contributed by atoms with Gasteiger partial charge in [0.1, 0.15) is 0 Å². The highest BCUT2D eigenvalue weighted by Crippen LogP contribution is 2.38. The Balaban J connectivity index is 1.18. The lowest BCUT2D eigenvalue weighted by atomic mass is 10.1. The van der Waals surface area contributed by atoms with Crippen molar-refractivity contribution in [1.82, 2.24) is 10.2 Å². The Morgan fingerprint density at radius 1 is 0.571 bits per heavy atom. The number of aromatic nitrogens is 2. The maximum absolute atomic E-state index is 4.70. The van der Waals surface area contributed by atoms with E-state index >= 15 is 0 Å². The fourth-order valence-corrected chi connectivity index (χ4v) is 6.54. The van der Waals surface area contributed by atoms with Crippen molar-refractivity contribution in [2.75, 3.05) is 10.2 Å². The van der Waals surface area contributed by atoms with Gasteiger partial charge in [-0.25, -0.2) is 0 Å². The number of nitrogens with zero attached hydrogens (tertiary/aromatic N) is 9. The van der Waals surface area contributed by atoms with E-state index in [1.54, 1.807) is 0 Å². The molecule has 0 aliphatic heterocycles. The van der Waals surface area contributed by atoms with Gasteiger partial charge in [0, 0.05) is 45.4 Å². The largest absolute Gasteiger partial charge is 0.382 e. The van der Waals surface area contributed by atoms with Crippen LogP contribution < -0.4 is 10.2 Å². The number of azo groups is 3. The fraction of sp³-hybridized carbons (Fsp3) is 0.263. The van der Waals surface area contributed by atoms with Crippen molar-refractivity contribution in [3.8, 4) is 0 Å². The first kappa shape index (κ1) is 33.5. The molecule has 0 bridgehead atoms. The minimum atomic E-state index is 0.313. The Hall–Kier alpha value is -5.42. The van der Waals surface area contributed by atoms with E-state index in [1.807, 2.05) is 72.8 Å². The molecule has 0 radical (unpaired) electrons. The summed E-state index contributed by atoms with van der Waals surface area (Å²) in [5.41, 5.74) is 4.82. The van der Waals surface area contributed by atoms with Crippen molar-refractivity contribution in [3.05, 3.63) is 97.1 Å². The molecular formula is C38H40N10S. The van der Waals surface area contributed by atoms with Crippen LogP contribution in [0.3, 0.4) is 0 Å².